The van der Waals surface area contributed by atoms with Gasteiger partial charge in [0.2, 0.25) is 5.91 Å². The summed E-state index contributed by atoms with van der Waals surface area (Å²) in [5.41, 5.74) is 4.73. The minimum atomic E-state index is -0.141. The zero-order valence-corrected chi connectivity index (χ0v) is 18.8. The molecule has 1 amide bonds. The predicted octanol–water partition coefficient (Wildman–Crippen LogP) is 4.70. The number of carbonyl (C=O) groups excluding carboxylic acids is 2. The molecule has 32 heavy (non-hydrogen) atoms. The third kappa shape index (κ3) is 3.75. The van der Waals surface area contributed by atoms with E-state index in [1.54, 1.807) is 35.5 Å². The largest absolute Gasteiger partial charge is 0.497 e. The molecule has 0 N–H and O–H groups in total. The summed E-state index contributed by atoms with van der Waals surface area (Å²) in [6, 6.07) is 17.0. The normalized spacial score (nSPS) is 15.5. The maximum Gasteiger partial charge on any atom is 0.249 e. The Morgan fingerprint density at radius 1 is 1.06 bits per heavy atom. The van der Waals surface area contributed by atoms with Crippen molar-refractivity contribution in [3.63, 3.8) is 0 Å². The van der Waals surface area contributed by atoms with Crippen molar-refractivity contribution in [2.24, 2.45) is 4.99 Å². The molecule has 0 bridgehead atoms. The SMILES string of the molecule is COc1ccc(C2=NCC(=O)N(CC(=O)c3ccccc3)c3sc4c(c32)CCCC4)cc1. The Kier molecular flexibility index (Phi) is 5.62. The fraction of sp³-hybridized carbons (Fsp3) is 0.269. The fourth-order valence-corrected chi connectivity index (χ4v) is 5.82. The van der Waals surface area contributed by atoms with Gasteiger partial charge in [-0.3, -0.25) is 19.5 Å². The average molecular weight is 445 g/mol. The van der Waals surface area contributed by atoms with E-state index >= 15 is 0 Å². The quantitative estimate of drug-likeness (QED) is 0.536. The monoisotopic (exact) mass is 444 g/mol. The highest BCUT2D eigenvalue weighted by atomic mass is 32.1. The first-order valence-corrected chi connectivity index (χ1v) is 11.7. The van der Waals surface area contributed by atoms with Gasteiger partial charge in [0, 0.05) is 21.6 Å². The van der Waals surface area contributed by atoms with Gasteiger partial charge in [-0.1, -0.05) is 30.3 Å². The number of anilines is 1. The van der Waals surface area contributed by atoms with E-state index in [1.807, 2.05) is 42.5 Å². The van der Waals surface area contributed by atoms with E-state index in [-0.39, 0.29) is 24.8 Å². The molecule has 1 aliphatic heterocycles. The van der Waals surface area contributed by atoms with Crippen LogP contribution < -0.4 is 9.64 Å². The second-order valence-electron chi connectivity index (χ2n) is 8.05. The van der Waals surface area contributed by atoms with Crippen molar-refractivity contribution in [3.8, 4) is 5.75 Å². The molecule has 0 unspecified atom stereocenters. The third-order valence-corrected chi connectivity index (χ3v) is 7.38. The number of Topliss-reactive ketones (excluding diaryl/α,β-unsaturated/α-hetero) is 1. The molecule has 1 aliphatic carbocycles. The summed E-state index contributed by atoms with van der Waals surface area (Å²) in [6.07, 6.45) is 4.27. The van der Waals surface area contributed by atoms with E-state index in [9.17, 15) is 9.59 Å². The van der Waals surface area contributed by atoms with Gasteiger partial charge in [-0.2, -0.15) is 0 Å². The topological polar surface area (TPSA) is 59.0 Å². The maximum atomic E-state index is 13.2. The highest BCUT2D eigenvalue weighted by Gasteiger charge is 2.33. The minimum absolute atomic E-state index is 0.0274. The Hall–Kier alpha value is -3.25. The summed E-state index contributed by atoms with van der Waals surface area (Å²) in [6.45, 7) is 0.0558. The van der Waals surface area contributed by atoms with Crippen LogP contribution in [-0.4, -0.2) is 37.6 Å². The van der Waals surface area contributed by atoms with Crippen LogP contribution in [0.2, 0.25) is 0 Å². The molecule has 0 saturated heterocycles. The number of nitrogens with zero attached hydrogens (tertiary/aromatic N) is 2. The molecular weight excluding hydrogens is 420 g/mol. The van der Waals surface area contributed by atoms with Crippen molar-refractivity contribution >= 4 is 33.7 Å². The highest BCUT2D eigenvalue weighted by molar-refractivity contribution is 7.17. The molecule has 3 aromatic rings. The number of carbonyl (C=O) groups is 2. The van der Waals surface area contributed by atoms with Crippen LogP contribution in [0.3, 0.4) is 0 Å². The van der Waals surface area contributed by atoms with Crippen molar-refractivity contribution in [1.29, 1.82) is 0 Å². The van der Waals surface area contributed by atoms with Gasteiger partial charge in [-0.25, -0.2) is 0 Å². The number of amides is 1. The minimum Gasteiger partial charge on any atom is -0.497 e. The molecular formula is C26H24N2O3S. The van der Waals surface area contributed by atoms with Crippen LogP contribution in [0.4, 0.5) is 5.00 Å². The second kappa shape index (κ2) is 8.71. The highest BCUT2D eigenvalue weighted by Crippen LogP contribution is 2.42. The van der Waals surface area contributed by atoms with Crippen molar-refractivity contribution < 1.29 is 14.3 Å². The summed E-state index contributed by atoms with van der Waals surface area (Å²) in [5, 5.41) is 0.859. The number of hydrogen-bond acceptors (Lipinski definition) is 5. The number of aliphatic imine (C=N–C) groups is 1. The molecule has 6 heteroatoms. The number of benzene rings is 2. The van der Waals surface area contributed by atoms with Gasteiger partial charge in [0.25, 0.3) is 0 Å². The number of ether oxygens (including phenoxy) is 1. The lowest BCUT2D eigenvalue weighted by atomic mass is 9.91. The number of methoxy groups -OCH3 is 1. The molecule has 0 radical (unpaired) electrons. The van der Waals surface area contributed by atoms with Crippen LogP contribution in [-0.2, 0) is 17.6 Å². The van der Waals surface area contributed by atoms with Crippen LogP contribution >= 0.6 is 11.3 Å². The Balaban J connectivity index is 1.59. The van der Waals surface area contributed by atoms with Crippen LogP contribution in [0.1, 0.15) is 44.8 Å². The van der Waals surface area contributed by atoms with Crippen molar-refractivity contribution in [2.45, 2.75) is 25.7 Å². The Labute approximate surface area is 191 Å². The lowest BCUT2D eigenvalue weighted by Crippen LogP contribution is -2.36. The first-order valence-electron chi connectivity index (χ1n) is 10.9. The smallest absolute Gasteiger partial charge is 0.249 e. The van der Waals surface area contributed by atoms with E-state index in [0.29, 0.717) is 5.56 Å². The predicted molar refractivity (Wildman–Crippen MR) is 128 cm³/mol. The Morgan fingerprint density at radius 2 is 1.81 bits per heavy atom. The molecule has 0 spiro atoms. The molecule has 0 atom stereocenters. The summed E-state index contributed by atoms with van der Waals surface area (Å²) in [4.78, 5) is 33.9. The second-order valence-corrected chi connectivity index (χ2v) is 9.14. The fourth-order valence-electron chi connectivity index (χ4n) is 4.41. The number of ketones is 1. The maximum absolute atomic E-state index is 13.2. The van der Waals surface area contributed by atoms with Gasteiger partial charge in [0.1, 0.15) is 17.3 Å². The molecule has 0 saturated carbocycles. The number of hydrogen-bond donors (Lipinski definition) is 0. The van der Waals surface area contributed by atoms with E-state index in [0.717, 1.165) is 53.3 Å². The van der Waals surface area contributed by atoms with Crippen molar-refractivity contribution in [2.75, 3.05) is 25.1 Å². The van der Waals surface area contributed by atoms with Crippen LogP contribution in [0.5, 0.6) is 5.75 Å². The lowest BCUT2D eigenvalue weighted by molar-refractivity contribution is -0.117. The molecule has 5 nitrogen and oxygen atoms in total. The van der Waals surface area contributed by atoms with Gasteiger partial charge in [-0.05, 0) is 55.5 Å². The number of aryl methyl sites for hydroxylation is 1. The van der Waals surface area contributed by atoms with E-state index in [1.165, 1.54) is 10.4 Å². The molecule has 2 aliphatic rings. The summed E-state index contributed by atoms with van der Waals surface area (Å²) < 4.78 is 5.31. The van der Waals surface area contributed by atoms with Crippen LogP contribution in [0.25, 0.3) is 0 Å². The summed E-state index contributed by atoms with van der Waals surface area (Å²) in [7, 11) is 1.64. The van der Waals surface area contributed by atoms with Gasteiger partial charge >= 0.3 is 0 Å². The lowest BCUT2D eigenvalue weighted by Gasteiger charge is -2.20. The molecule has 2 heterocycles. The molecule has 1 aromatic heterocycles. The van der Waals surface area contributed by atoms with E-state index in [2.05, 4.69) is 0 Å². The molecule has 162 valence electrons. The molecule has 0 fully saturated rings. The number of thiophene rings is 1. The molecule has 2 aromatic carbocycles. The number of fused-ring (bicyclic) bond motifs is 3. The van der Waals surface area contributed by atoms with Gasteiger partial charge in [0.15, 0.2) is 5.78 Å². The Morgan fingerprint density at radius 3 is 2.56 bits per heavy atom. The zero-order chi connectivity index (χ0) is 22.1. The zero-order valence-electron chi connectivity index (χ0n) is 18.0. The van der Waals surface area contributed by atoms with Crippen LogP contribution in [0, 0.1) is 0 Å². The first kappa shape index (κ1) is 20.6. The first-order chi connectivity index (χ1) is 15.7. The summed E-state index contributed by atoms with van der Waals surface area (Å²) >= 11 is 1.65. The molecule has 5 rings (SSSR count). The third-order valence-electron chi connectivity index (χ3n) is 6.07. The van der Waals surface area contributed by atoms with E-state index < -0.39 is 0 Å². The van der Waals surface area contributed by atoms with Gasteiger partial charge < -0.3 is 4.74 Å². The van der Waals surface area contributed by atoms with Gasteiger partial charge in [-0.15, -0.1) is 11.3 Å². The summed E-state index contributed by atoms with van der Waals surface area (Å²) in [5.74, 6) is 0.573. The van der Waals surface area contributed by atoms with Crippen LogP contribution in [0.15, 0.2) is 59.6 Å². The van der Waals surface area contributed by atoms with Gasteiger partial charge in [0.05, 0.1) is 19.4 Å². The number of rotatable bonds is 5. The van der Waals surface area contributed by atoms with Crippen molar-refractivity contribution in [3.05, 3.63) is 81.7 Å². The average Bonchev–Trinajstić information content (AvgIpc) is 3.16. The standard InChI is InChI=1S/C26H24N2O3S/c1-31-19-13-11-18(12-14-19)25-24-20-9-5-6-10-22(20)32-26(24)28(23(30)15-27-25)16-21(29)17-7-3-2-4-8-17/h2-4,7-8,11-14H,5-6,9-10,15-16H2,1H3. The Bertz CT molecular complexity index is 1200. The van der Waals surface area contributed by atoms with Crippen molar-refractivity contribution in [1.82, 2.24) is 0 Å². The van der Waals surface area contributed by atoms with E-state index in [4.69, 9.17) is 9.73 Å².